The van der Waals surface area contributed by atoms with Crippen molar-refractivity contribution in [2.75, 3.05) is 26.6 Å². The van der Waals surface area contributed by atoms with E-state index in [9.17, 15) is 10.1 Å². The minimum Gasteiger partial charge on any atom is -0.496 e. The van der Waals surface area contributed by atoms with Crippen LogP contribution >= 0.6 is 11.6 Å². The molecule has 0 aliphatic carbocycles. The molecule has 27 heavy (non-hydrogen) atoms. The third-order valence-electron chi connectivity index (χ3n) is 3.92. The summed E-state index contributed by atoms with van der Waals surface area (Å²) < 4.78 is 15.8. The van der Waals surface area contributed by atoms with Gasteiger partial charge in [0.25, 0.3) is 5.91 Å². The predicted octanol–water partition coefficient (Wildman–Crippen LogP) is 4.22. The van der Waals surface area contributed by atoms with Crippen molar-refractivity contribution in [2.24, 2.45) is 0 Å². The number of benzene rings is 2. The highest BCUT2D eigenvalue weighted by Crippen LogP contribution is 2.35. The van der Waals surface area contributed by atoms with E-state index in [1.165, 1.54) is 27.4 Å². The zero-order valence-corrected chi connectivity index (χ0v) is 16.2. The fourth-order valence-corrected chi connectivity index (χ4v) is 2.58. The van der Waals surface area contributed by atoms with E-state index in [2.05, 4.69) is 5.32 Å². The molecule has 6 nitrogen and oxygen atoms in total. The van der Waals surface area contributed by atoms with Crippen LogP contribution in [0.5, 0.6) is 17.2 Å². The molecule has 1 N–H and O–H groups in total. The molecule has 0 atom stereocenters. The second kappa shape index (κ2) is 8.97. The van der Waals surface area contributed by atoms with Gasteiger partial charge in [0.15, 0.2) is 11.5 Å². The Morgan fingerprint density at radius 1 is 1.11 bits per heavy atom. The number of methoxy groups -OCH3 is 3. The van der Waals surface area contributed by atoms with Crippen molar-refractivity contribution in [2.45, 2.75) is 6.92 Å². The lowest BCUT2D eigenvalue weighted by Gasteiger charge is -2.13. The van der Waals surface area contributed by atoms with Gasteiger partial charge in [0.05, 0.1) is 21.3 Å². The Morgan fingerprint density at radius 2 is 1.74 bits per heavy atom. The van der Waals surface area contributed by atoms with Crippen molar-refractivity contribution in [1.82, 2.24) is 0 Å². The maximum Gasteiger partial charge on any atom is 0.266 e. The molecule has 0 unspecified atom stereocenters. The lowest BCUT2D eigenvalue weighted by Crippen LogP contribution is -2.14. The highest BCUT2D eigenvalue weighted by Gasteiger charge is 2.15. The van der Waals surface area contributed by atoms with Crippen LogP contribution in [0, 0.1) is 18.3 Å². The number of ether oxygens (including phenoxy) is 3. The second-order valence-corrected chi connectivity index (χ2v) is 5.89. The molecule has 0 bridgehead atoms. The van der Waals surface area contributed by atoms with Gasteiger partial charge in [-0.25, -0.2) is 0 Å². The minimum absolute atomic E-state index is 0.0973. The molecule has 0 aromatic heterocycles. The molecular formula is C20H19ClN2O4. The first kappa shape index (κ1) is 20.1. The molecule has 0 spiro atoms. The highest BCUT2D eigenvalue weighted by atomic mass is 35.5. The molecule has 0 saturated heterocycles. The summed E-state index contributed by atoms with van der Waals surface area (Å²) in [5.74, 6) is 0.809. The van der Waals surface area contributed by atoms with Crippen LogP contribution < -0.4 is 19.5 Å². The smallest absolute Gasteiger partial charge is 0.266 e. The molecule has 0 aliphatic heterocycles. The summed E-state index contributed by atoms with van der Waals surface area (Å²) in [5.41, 5.74) is 1.66. The van der Waals surface area contributed by atoms with E-state index in [0.717, 1.165) is 0 Å². The van der Waals surface area contributed by atoms with Gasteiger partial charge in [-0.2, -0.15) is 5.26 Å². The van der Waals surface area contributed by atoms with Gasteiger partial charge >= 0.3 is 0 Å². The van der Waals surface area contributed by atoms with Crippen molar-refractivity contribution in [1.29, 1.82) is 5.26 Å². The van der Waals surface area contributed by atoms with Crippen molar-refractivity contribution in [3.8, 4) is 23.3 Å². The largest absolute Gasteiger partial charge is 0.496 e. The zero-order valence-electron chi connectivity index (χ0n) is 15.4. The lowest BCUT2D eigenvalue weighted by atomic mass is 10.1. The molecule has 0 radical (unpaired) electrons. The first-order valence-corrected chi connectivity index (χ1v) is 8.31. The number of rotatable bonds is 6. The van der Waals surface area contributed by atoms with Gasteiger partial charge in [-0.1, -0.05) is 17.7 Å². The number of carbonyl (C=O) groups is 1. The van der Waals surface area contributed by atoms with Crippen LogP contribution in [-0.4, -0.2) is 27.2 Å². The molecule has 7 heteroatoms. The summed E-state index contributed by atoms with van der Waals surface area (Å²) in [7, 11) is 4.49. The Bertz CT molecular complexity index is 932. The maximum absolute atomic E-state index is 12.5. The van der Waals surface area contributed by atoms with Crippen molar-refractivity contribution in [3.63, 3.8) is 0 Å². The number of hydrogen-bond acceptors (Lipinski definition) is 5. The number of carbonyl (C=O) groups excluding carboxylic acids is 1. The maximum atomic E-state index is 12.5. The van der Waals surface area contributed by atoms with Crippen molar-refractivity contribution >= 4 is 29.3 Å². The van der Waals surface area contributed by atoms with E-state index >= 15 is 0 Å². The second-order valence-electron chi connectivity index (χ2n) is 5.49. The number of nitriles is 1. The van der Waals surface area contributed by atoms with E-state index in [1.54, 1.807) is 37.3 Å². The third-order valence-corrected chi connectivity index (χ3v) is 4.33. The molecule has 140 valence electrons. The molecule has 0 saturated carbocycles. The van der Waals surface area contributed by atoms with Crippen LogP contribution in [0.15, 0.2) is 35.9 Å². The Balaban J connectivity index is 2.42. The van der Waals surface area contributed by atoms with Crippen molar-refractivity contribution < 1.29 is 19.0 Å². The number of hydrogen-bond donors (Lipinski definition) is 1. The predicted molar refractivity (Wildman–Crippen MR) is 105 cm³/mol. The summed E-state index contributed by atoms with van der Waals surface area (Å²) in [6.07, 6.45) is 1.43. The minimum atomic E-state index is -0.556. The first-order chi connectivity index (χ1) is 12.9. The number of nitrogens with one attached hydrogen (secondary N) is 1. The number of nitrogens with zero attached hydrogens (tertiary/aromatic N) is 1. The van der Waals surface area contributed by atoms with Gasteiger partial charge in [0.2, 0.25) is 0 Å². The van der Waals surface area contributed by atoms with Gasteiger partial charge < -0.3 is 19.5 Å². The number of anilines is 1. The molecule has 0 heterocycles. The number of halogens is 1. The quantitative estimate of drug-likeness (QED) is 0.593. The van der Waals surface area contributed by atoms with Gasteiger partial charge in [-0.15, -0.1) is 0 Å². The molecular weight excluding hydrogens is 368 g/mol. The molecule has 2 aromatic carbocycles. The van der Waals surface area contributed by atoms with Gasteiger partial charge in [-0.05, 0) is 36.8 Å². The highest BCUT2D eigenvalue weighted by molar-refractivity contribution is 6.31. The van der Waals surface area contributed by atoms with E-state index in [0.29, 0.717) is 39.1 Å². The molecule has 1 amide bonds. The van der Waals surface area contributed by atoms with Gasteiger partial charge in [-0.3, -0.25) is 4.79 Å². The molecule has 2 rings (SSSR count). The Hall–Kier alpha value is -3.17. The van der Waals surface area contributed by atoms with Gasteiger partial charge in [0, 0.05) is 22.3 Å². The van der Waals surface area contributed by atoms with E-state index in [-0.39, 0.29) is 5.57 Å². The fraction of sp³-hybridized carbons (Fsp3) is 0.200. The van der Waals surface area contributed by atoms with E-state index in [1.807, 2.05) is 6.07 Å². The molecule has 2 aromatic rings. The average molecular weight is 387 g/mol. The zero-order chi connectivity index (χ0) is 20.0. The topological polar surface area (TPSA) is 80.6 Å². The molecule has 0 aliphatic rings. The van der Waals surface area contributed by atoms with Crippen LogP contribution in [0.1, 0.15) is 11.1 Å². The normalized spacial score (nSPS) is 10.7. The summed E-state index contributed by atoms with van der Waals surface area (Å²) in [5, 5.41) is 12.7. The van der Waals surface area contributed by atoms with E-state index < -0.39 is 5.91 Å². The summed E-state index contributed by atoms with van der Waals surface area (Å²) in [6.45, 7) is 1.78. The fourth-order valence-electron chi connectivity index (χ4n) is 2.40. The van der Waals surface area contributed by atoms with Crippen LogP contribution in [0.25, 0.3) is 6.08 Å². The third kappa shape index (κ3) is 4.52. The van der Waals surface area contributed by atoms with Gasteiger partial charge in [0.1, 0.15) is 17.4 Å². The first-order valence-electron chi connectivity index (χ1n) is 7.93. The molecule has 0 fully saturated rings. The van der Waals surface area contributed by atoms with Crippen LogP contribution in [0.4, 0.5) is 5.69 Å². The monoisotopic (exact) mass is 386 g/mol. The Morgan fingerprint density at radius 3 is 2.33 bits per heavy atom. The summed E-state index contributed by atoms with van der Waals surface area (Å²) in [4.78, 5) is 12.5. The summed E-state index contributed by atoms with van der Waals surface area (Å²) >= 11 is 6.07. The SMILES string of the molecule is COc1cc(OC)c(OC)cc1/C=C(\C#N)C(=O)Nc1cccc(Cl)c1C. The number of amides is 1. The van der Waals surface area contributed by atoms with Crippen LogP contribution in [0.3, 0.4) is 0 Å². The van der Waals surface area contributed by atoms with Crippen LogP contribution in [-0.2, 0) is 4.79 Å². The van der Waals surface area contributed by atoms with E-state index in [4.69, 9.17) is 25.8 Å². The Kier molecular flexibility index (Phi) is 6.69. The van der Waals surface area contributed by atoms with Crippen molar-refractivity contribution in [3.05, 3.63) is 52.1 Å². The summed E-state index contributed by atoms with van der Waals surface area (Å²) in [6, 6.07) is 10.3. The Labute approximate surface area is 162 Å². The average Bonchev–Trinajstić information content (AvgIpc) is 2.68. The standard InChI is InChI=1S/C20H19ClN2O4/c1-12-15(21)6-5-7-16(12)23-20(24)14(11-22)8-13-9-18(26-3)19(27-4)10-17(13)25-2/h5-10H,1-4H3,(H,23,24)/b14-8+. The van der Waals surface area contributed by atoms with Crippen LogP contribution in [0.2, 0.25) is 5.02 Å². The lowest BCUT2D eigenvalue weighted by molar-refractivity contribution is -0.112.